The lowest BCUT2D eigenvalue weighted by Gasteiger charge is -2.36. The van der Waals surface area contributed by atoms with Crippen LogP contribution in [0.2, 0.25) is 18.1 Å². The Morgan fingerprint density at radius 1 is 0.857 bits per heavy atom. The summed E-state index contributed by atoms with van der Waals surface area (Å²) >= 11 is 0. The molecule has 0 rings (SSSR count). The normalized spacial score (nSPS) is 13.2. The Balaban J connectivity index is 3.38. The summed E-state index contributed by atoms with van der Waals surface area (Å²) < 4.78 is 6.17. The van der Waals surface area contributed by atoms with E-state index in [0.29, 0.717) is 11.6 Å². The second-order valence-electron chi connectivity index (χ2n) is 7.18. The highest BCUT2D eigenvalue weighted by Gasteiger charge is 2.36. The van der Waals surface area contributed by atoms with Crippen LogP contribution < -0.4 is 0 Å². The van der Waals surface area contributed by atoms with Crippen molar-refractivity contribution in [2.75, 3.05) is 26.3 Å². The molecule has 0 aromatic rings. The van der Waals surface area contributed by atoms with E-state index < -0.39 is 8.32 Å². The Labute approximate surface area is 132 Å². The zero-order valence-electron chi connectivity index (χ0n) is 14.8. The van der Waals surface area contributed by atoms with Crippen molar-refractivity contribution in [3.8, 4) is 0 Å². The maximum absolute atomic E-state index is 8.54. The number of rotatable bonds is 12. The van der Waals surface area contributed by atoms with E-state index in [1.807, 2.05) is 0 Å². The molecule has 4 nitrogen and oxygen atoms in total. The summed E-state index contributed by atoms with van der Waals surface area (Å²) in [6, 6.07) is 0. The molecule has 0 aromatic carbocycles. The van der Waals surface area contributed by atoms with Gasteiger partial charge in [-0.2, -0.15) is 10.2 Å². The predicted octanol–water partition coefficient (Wildman–Crippen LogP) is 4.79. The van der Waals surface area contributed by atoms with Crippen LogP contribution in [0.3, 0.4) is 0 Å². The summed E-state index contributed by atoms with van der Waals surface area (Å²) in [5, 5.41) is 16.7. The number of unbranched alkanes of at least 4 members (excludes halogenated alkanes) is 5. The molecule has 0 atom stereocenters. The van der Waals surface area contributed by atoms with Crippen LogP contribution in [0.25, 0.3) is 0 Å². The third kappa shape index (κ3) is 11.0. The molecule has 5 heteroatoms. The Bertz CT molecular complexity index is 276. The molecule has 0 saturated carbocycles. The summed E-state index contributed by atoms with van der Waals surface area (Å²) in [5.74, 6) is 0. The van der Waals surface area contributed by atoms with E-state index in [4.69, 9.17) is 9.53 Å². The minimum absolute atomic E-state index is 0.0977. The van der Waals surface area contributed by atoms with Gasteiger partial charge < -0.3 is 9.53 Å². The fraction of sp³-hybridized carbons (Fsp3) is 1.00. The van der Waals surface area contributed by atoms with Crippen LogP contribution in [0.15, 0.2) is 10.2 Å². The molecule has 0 saturated heterocycles. The molecule has 0 aromatic heterocycles. The first-order chi connectivity index (χ1) is 9.81. The molecule has 0 aliphatic rings. The lowest BCUT2D eigenvalue weighted by Crippen LogP contribution is -2.40. The van der Waals surface area contributed by atoms with Crippen LogP contribution in [0.1, 0.15) is 59.3 Å². The molecule has 0 aliphatic carbocycles. The predicted molar refractivity (Wildman–Crippen MR) is 92.5 cm³/mol. The maximum atomic E-state index is 8.54. The van der Waals surface area contributed by atoms with Crippen molar-refractivity contribution in [2.45, 2.75) is 77.4 Å². The SMILES string of the molecule is CC(C)(C)[Si](C)(C)OCCCCCCCC/N=N/CCO. The first kappa shape index (κ1) is 20.7. The zero-order chi connectivity index (χ0) is 16.2. The van der Waals surface area contributed by atoms with Gasteiger partial charge in [0.1, 0.15) is 0 Å². The topological polar surface area (TPSA) is 54.2 Å². The summed E-state index contributed by atoms with van der Waals surface area (Å²) in [6.07, 6.45) is 7.34. The average molecular weight is 317 g/mol. The van der Waals surface area contributed by atoms with Gasteiger partial charge in [-0.15, -0.1) is 0 Å². The second-order valence-corrected chi connectivity index (χ2v) is 12.0. The third-order valence-corrected chi connectivity index (χ3v) is 8.76. The minimum atomic E-state index is -1.54. The molecule has 126 valence electrons. The lowest BCUT2D eigenvalue weighted by molar-refractivity contribution is 0.277. The van der Waals surface area contributed by atoms with Crippen molar-refractivity contribution in [2.24, 2.45) is 10.2 Å². The number of aliphatic hydroxyl groups excluding tert-OH is 1. The maximum Gasteiger partial charge on any atom is 0.191 e. The molecule has 0 radical (unpaired) electrons. The van der Waals surface area contributed by atoms with E-state index in [2.05, 4.69) is 44.1 Å². The fourth-order valence-corrected chi connectivity index (χ4v) is 2.81. The Kier molecular flexibility index (Phi) is 11.2. The third-order valence-electron chi connectivity index (χ3n) is 4.22. The molecule has 0 heterocycles. The van der Waals surface area contributed by atoms with Gasteiger partial charge in [-0.1, -0.05) is 46.5 Å². The molecule has 1 N–H and O–H groups in total. The van der Waals surface area contributed by atoms with E-state index in [1.54, 1.807) is 0 Å². The fourth-order valence-electron chi connectivity index (χ4n) is 1.72. The number of hydrogen-bond acceptors (Lipinski definition) is 4. The number of azo groups is 1. The molecule has 0 spiro atoms. The van der Waals surface area contributed by atoms with Gasteiger partial charge in [0.25, 0.3) is 0 Å². The van der Waals surface area contributed by atoms with Gasteiger partial charge in [0.2, 0.25) is 0 Å². The standard InChI is InChI=1S/C16H36N2O2Si/c1-16(2,3)21(4,5)20-15-11-9-7-6-8-10-12-17-18-13-14-19/h19H,6-15H2,1-5H3/b18-17+. The van der Waals surface area contributed by atoms with Crippen LogP contribution in [-0.2, 0) is 4.43 Å². The summed E-state index contributed by atoms with van der Waals surface area (Å²) in [4.78, 5) is 0. The number of nitrogens with zero attached hydrogens (tertiary/aromatic N) is 2. The molecule has 0 unspecified atom stereocenters. The summed E-state index contributed by atoms with van der Waals surface area (Å²) in [5.41, 5.74) is 0. The van der Waals surface area contributed by atoms with Crippen molar-refractivity contribution in [3.05, 3.63) is 0 Å². The van der Waals surface area contributed by atoms with Gasteiger partial charge in [-0.25, -0.2) is 0 Å². The molecule has 0 aliphatic heterocycles. The smallest absolute Gasteiger partial charge is 0.191 e. The van der Waals surface area contributed by atoms with Crippen LogP contribution in [0.4, 0.5) is 0 Å². The molecule has 21 heavy (non-hydrogen) atoms. The molecular weight excluding hydrogens is 280 g/mol. The summed E-state index contributed by atoms with van der Waals surface area (Å²) in [7, 11) is -1.54. The van der Waals surface area contributed by atoms with Crippen molar-refractivity contribution in [1.29, 1.82) is 0 Å². The van der Waals surface area contributed by atoms with Gasteiger partial charge in [0.15, 0.2) is 8.32 Å². The quantitative estimate of drug-likeness (QED) is 0.319. The van der Waals surface area contributed by atoms with Crippen LogP contribution in [-0.4, -0.2) is 39.7 Å². The van der Waals surface area contributed by atoms with Crippen molar-refractivity contribution in [1.82, 2.24) is 0 Å². The van der Waals surface area contributed by atoms with Crippen molar-refractivity contribution >= 4 is 8.32 Å². The van der Waals surface area contributed by atoms with Gasteiger partial charge in [-0.05, 0) is 31.0 Å². The molecule has 0 amide bonds. The van der Waals surface area contributed by atoms with Crippen LogP contribution >= 0.6 is 0 Å². The highest BCUT2D eigenvalue weighted by Crippen LogP contribution is 2.36. The van der Waals surface area contributed by atoms with Gasteiger partial charge in [-0.3, -0.25) is 0 Å². The number of hydrogen-bond donors (Lipinski definition) is 1. The average Bonchev–Trinajstić information content (AvgIpc) is 2.38. The first-order valence-electron chi connectivity index (χ1n) is 8.39. The van der Waals surface area contributed by atoms with E-state index in [-0.39, 0.29) is 6.61 Å². The Morgan fingerprint density at radius 3 is 1.95 bits per heavy atom. The highest BCUT2D eigenvalue weighted by atomic mass is 28.4. The van der Waals surface area contributed by atoms with Crippen LogP contribution in [0, 0.1) is 0 Å². The van der Waals surface area contributed by atoms with Gasteiger partial charge >= 0.3 is 0 Å². The Hall–Kier alpha value is -0.263. The Morgan fingerprint density at radius 2 is 1.38 bits per heavy atom. The summed E-state index contributed by atoms with van der Waals surface area (Å²) in [6.45, 7) is 13.8. The first-order valence-corrected chi connectivity index (χ1v) is 11.3. The van der Waals surface area contributed by atoms with E-state index in [9.17, 15) is 0 Å². The zero-order valence-corrected chi connectivity index (χ0v) is 15.8. The van der Waals surface area contributed by atoms with Gasteiger partial charge in [0.05, 0.1) is 19.7 Å². The monoisotopic (exact) mass is 316 g/mol. The van der Waals surface area contributed by atoms with E-state index >= 15 is 0 Å². The molecule has 0 fully saturated rings. The van der Waals surface area contributed by atoms with Crippen molar-refractivity contribution < 1.29 is 9.53 Å². The van der Waals surface area contributed by atoms with Crippen molar-refractivity contribution in [3.63, 3.8) is 0 Å². The lowest BCUT2D eigenvalue weighted by atomic mass is 10.1. The second kappa shape index (κ2) is 11.3. The van der Waals surface area contributed by atoms with Gasteiger partial charge in [0, 0.05) is 6.61 Å². The molecular formula is C16H36N2O2Si. The van der Waals surface area contributed by atoms with E-state index in [0.717, 1.165) is 19.6 Å². The largest absolute Gasteiger partial charge is 0.417 e. The van der Waals surface area contributed by atoms with Crippen LogP contribution in [0.5, 0.6) is 0 Å². The van der Waals surface area contributed by atoms with E-state index in [1.165, 1.54) is 32.1 Å². The minimum Gasteiger partial charge on any atom is -0.417 e. The number of aliphatic hydroxyl groups is 1. The molecule has 0 bridgehead atoms. The highest BCUT2D eigenvalue weighted by molar-refractivity contribution is 6.74.